The van der Waals surface area contributed by atoms with Gasteiger partial charge < -0.3 is 15.4 Å². The molecule has 0 spiro atoms. The number of nitrogens with one attached hydrogen (secondary N) is 2. The van der Waals surface area contributed by atoms with Crippen molar-refractivity contribution < 1.29 is 4.74 Å². The zero-order valence-corrected chi connectivity index (χ0v) is 21.1. The molecular weight excluding hydrogens is 380 g/mol. The van der Waals surface area contributed by atoms with Gasteiger partial charge in [-0.25, -0.2) is 0 Å². The van der Waals surface area contributed by atoms with Crippen LogP contribution >= 0.6 is 0 Å². The van der Waals surface area contributed by atoms with Crippen LogP contribution in [-0.4, -0.2) is 36.4 Å². The Morgan fingerprint density at radius 1 is 0.484 bits per heavy atom. The minimum absolute atomic E-state index is 0.427. The van der Waals surface area contributed by atoms with Gasteiger partial charge in [0.25, 0.3) is 0 Å². The zero-order valence-electron chi connectivity index (χ0n) is 21.1. The summed E-state index contributed by atoms with van der Waals surface area (Å²) in [5, 5.41) is 8.26. The van der Waals surface area contributed by atoms with Crippen molar-refractivity contribution in [1.29, 1.82) is 0 Å². The standard InChI is InChI=1S/C28H52N2O/c1-19-13-15-23(21(3)17-19)29-25-9-5-7-11-27(25)31-28-12-8-6-10-26(28)30-24-16-14-20(2)18-22(24)4/h19-30H,5-18H2,1-4H3. The van der Waals surface area contributed by atoms with Gasteiger partial charge in [-0.1, -0.05) is 53.4 Å². The largest absolute Gasteiger partial charge is 0.372 e. The molecule has 0 bridgehead atoms. The van der Waals surface area contributed by atoms with Gasteiger partial charge >= 0.3 is 0 Å². The van der Waals surface area contributed by atoms with Gasteiger partial charge in [0.1, 0.15) is 0 Å². The maximum atomic E-state index is 7.03. The average molecular weight is 433 g/mol. The van der Waals surface area contributed by atoms with Gasteiger partial charge in [-0.2, -0.15) is 0 Å². The third kappa shape index (κ3) is 6.48. The normalized spacial score (nSPS) is 47.2. The smallest absolute Gasteiger partial charge is 0.0732 e. The maximum absolute atomic E-state index is 7.03. The monoisotopic (exact) mass is 432 g/mol. The second-order valence-corrected chi connectivity index (χ2v) is 12.3. The number of ether oxygens (including phenoxy) is 1. The maximum Gasteiger partial charge on any atom is 0.0732 e. The first-order chi connectivity index (χ1) is 15.0. The fourth-order valence-corrected chi connectivity index (χ4v) is 7.50. The lowest BCUT2D eigenvalue weighted by atomic mass is 9.78. The van der Waals surface area contributed by atoms with Gasteiger partial charge in [0, 0.05) is 24.2 Å². The van der Waals surface area contributed by atoms with Gasteiger partial charge in [0.2, 0.25) is 0 Å². The van der Waals surface area contributed by atoms with E-state index in [1.807, 2.05) is 0 Å². The molecule has 180 valence electrons. The summed E-state index contributed by atoms with van der Waals surface area (Å²) < 4.78 is 7.03. The fourth-order valence-electron chi connectivity index (χ4n) is 7.50. The van der Waals surface area contributed by atoms with Gasteiger partial charge in [0.05, 0.1) is 12.2 Å². The first kappa shape index (κ1) is 24.0. The molecule has 4 rings (SSSR count). The van der Waals surface area contributed by atoms with Gasteiger partial charge in [-0.15, -0.1) is 0 Å². The highest BCUT2D eigenvalue weighted by atomic mass is 16.5. The molecular formula is C28H52N2O. The van der Waals surface area contributed by atoms with E-state index in [1.54, 1.807) is 0 Å². The third-order valence-electron chi connectivity index (χ3n) is 9.47. The molecule has 0 amide bonds. The molecule has 4 fully saturated rings. The van der Waals surface area contributed by atoms with Crippen molar-refractivity contribution in [1.82, 2.24) is 10.6 Å². The van der Waals surface area contributed by atoms with Crippen LogP contribution in [0.5, 0.6) is 0 Å². The van der Waals surface area contributed by atoms with E-state index in [1.165, 1.54) is 89.9 Å². The predicted molar refractivity (Wildman–Crippen MR) is 131 cm³/mol. The molecule has 4 aliphatic carbocycles. The summed E-state index contributed by atoms with van der Waals surface area (Å²) in [6.45, 7) is 9.81. The first-order valence-corrected chi connectivity index (χ1v) is 14.2. The third-order valence-corrected chi connectivity index (χ3v) is 9.47. The van der Waals surface area contributed by atoms with Crippen LogP contribution < -0.4 is 10.6 Å². The Balaban J connectivity index is 1.34. The molecule has 0 radical (unpaired) electrons. The highest BCUT2D eigenvalue weighted by Gasteiger charge is 2.37. The van der Waals surface area contributed by atoms with Gasteiger partial charge in [0.15, 0.2) is 0 Å². The van der Waals surface area contributed by atoms with E-state index in [2.05, 4.69) is 38.3 Å². The molecule has 3 heteroatoms. The number of hydrogen-bond acceptors (Lipinski definition) is 3. The Labute approximate surface area is 193 Å². The van der Waals surface area contributed by atoms with Crippen LogP contribution in [0.25, 0.3) is 0 Å². The molecule has 10 atom stereocenters. The van der Waals surface area contributed by atoms with Crippen LogP contribution in [0.1, 0.15) is 118 Å². The molecule has 3 nitrogen and oxygen atoms in total. The minimum Gasteiger partial charge on any atom is -0.372 e. The Bertz CT molecular complexity index is 493. The summed E-state index contributed by atoms with van der Waals surface area (Å²) in [7, 11) is 0. The van der Waals surface area contributed by atoms with Crippen molar-refractivity contribution in [3.8, 4) is 0 Å². The van der Waals surface area contributed by atoms with Gasteiger partial charge in [-0.05, 0) is 87.9 Å². The van der Waals surface area contributed by atoms with Crippen LogP contribution in [0.2, 0.25) is 0 Å². The molecule has 0 saturated heterocycles. The summed E-state index contributed by atoms with van der Waals surface area (Å²) in [4.78, 5) is 0. The van der Waals surface area contributed by atoms with Crippen molar-refractivity contribution in [2.75, 3.05) is 0 Å². The summed E-state index contributed by atoms with van der Waals surface area (Å²) in [5.74, 6) is 3.44. The van der Waals surface area contributed by atoms with Crippen LogP contribution in [-0.2, 0) is 4.74 Å². The Morgan fingerprint density at radius 3 is 1.32 bits per heavy atom. The first-order valence-electron chi connectivity index (χ1n) is 14.2. The van der Waals surface area contributed by atoms with E-state index < -0.39 is 0 Å². The van der Waals surface area contributed by atoms with Crippen LogP contribution in [0, 0.1) is 23.7 Å². The topological polar surface area (TPSA) is 33.3 Å². The van der Waals surface area contributed by atoms with Crippen LogP contribution in [0.4, 0.5) is 0 Å². The highest BCUT2D eigenvalue weighted by Crippen LogP contribution is 2.34. The van der Waals surface area contributed by atoms with E-state index in [9.17, 15) is 0 Å². The molecule has 0 aliphatic heterocycles. The molecule has 0 aromatic carbocycles. The molecule has 0 aromatic heterocycles. The SMILES string of the molecule is CC1CCC(NC2CCCCC2OC2CCCCC2NC2CCC(C)CC2C)C(C)C1. The van der Waals surface area contributed by atoms with Crippen molar-refractivity contribution in [3.63, 3.8) is 0 Å². The highest BCUT2D eigenvalue weighted by molar-refractivity contribution is 4.93. The van der Waals surface area contributed by atoms with Crippen LogP contribution in [0.15, 0.2) is 0 Å². The molecule has 2 N–H and O–H groups in total. The van der Waals surface area contributed by atoms with E-state index >= 15 is 0 Å². The van der Waals surface area contributed by atoms with E-state index in [4.69, 9.17) is 4.74 Å². The molecule has 0 aromatic rings. The minimum atomic E-state index is 0.427. The second kappa shape index (κ2) is 11.3. The van der Waals surface area contributed by atoms with Crippen LogP contribution in [0.3, 0.4) is 0 Å². The number of rotatable bonds is 6. The Kier molecular flexibility index (Phi) is 8.79. The van der Waals surface area contributed by atoms with E-state index in [0.29, 0.717) is 36.4 Å². The summed E-state index contributed by atoms with van der Waals surface area (Å²) in [6, 6.07) is 2.56. The number of hydrogen-bond donors (Lipinski definition) is 2. The summed E-state index contributed by atoms with van der Waals surface area (Å²) in [5.41, 5.74) is 0. The van der Waals surface area contributed by atoms with E-state index in [-0.39, 0.29) is 0 Å². The fraction of sp³-hybridized carbons (Fsp3) is 1.00. The summed E-state index contributed by atoms with van der Waals surface area (Å²) in [6.07, 6.45) is 19.7. The summed E-state index contributed by atoms with van der Waals surface area (Å²) >= 11 is 0. The van der Waals surface area contributed by atoms with Crippen molar-refractivity contribution in [3.05, 3.63) is 0 Å². The lowest BCUT2D eigenvalue weighted by molar-refractivity contribution is -0.0798. The molecule has 31 heavy (non-hydrogen) atoms. The molecule has 4 aliphatic rings. The van der Waals surface area contributed by atoms with Crippen molar-refractivity contribution >= 4 is 0 Å². The quantitative estimate of drug-likeness (QED) is 0.506. The lowest BCUT2D eigenvalue weighted by Gasteiger charge is -2.44. The lowest BCUT2D eigenvalue weighted by Crippen LogP contribution is -2.55. The van der Waals surface area contributed by atoms with E-state index in [0.717, 1.165) is 23.7 Å². The molecule has 0 heterocycles. The second-order valence-electron chi connectivity index (χ2n) is 12.3. The van der Waals surface area contributed by atoms with Crippen molar-refractivity contribution in [2.45, 2.75) is 154 Å². The molecule has 4 saturated carbocycles. The zero-order chi connectivity index (χ0) is 21.8. The van der Waals surface area contributed by atoms with Crippen molar-refractivity contribution in [2.24, 2.45) is 23.7 Å². The molecule has 10 unspecified atom stereocenters. The average Bonchev–Trinajstić information content (AvgIpc) is 2.74. The Hall–Kier alpha value is -0.120. The predicted octanol–water partition coefficient (Wildman–Crippen LogP) is 6.45. The Morgan fingerprint density at radius 2 is 0.903 bits per heavy atom. The van der Waals surface area contributed by atoms with Gasteiger partial charge in [-0.3, -0.25) is 0 Å².